The molecule has 0 spiro atoms. The van der Waals surface area contributed by atoms with Gasteiger partial charge >= 0.3 is 0 Å². The lowest BCUT2D eigenvalue weighted by atomic mass is 9.81. The van der Waals surface area contributed by atoms with Gasteiger partial charge in [-0.3, -0.25) is 0 Å². The number of fused-ring (bicyclic) bond motifs is 1. The first-order valence-corrected chi connectivity index (χ1v) is 5.46. The highest BCUT2D eigenvalue weighted by Gasteiger charge is 2.30. The standard InChI is InChI=1S/C13H17NO/c1-13(2)9-5-7-10-6-3-4-8-11(10)12(13)14-15/h3-4,6,8,15H,5,7,9H2,1-2H3. The zero-order valence-electron chi connectivity index (χ0n) is 9.33. The molecule has 0 amide bonds. The summed E-state index contributed by atoms with van der Waals surface area (Å²) in [6, 6.07) is 8.23. The minimum atomic E-state index is -0.0264. The van der Waals surface area contributed by atoms with Crippen molar-refractivity contribution in [3.05, 3.63) is 35.4 Å². The van der Waals surface area contributed by atoms with E-state index in [1.165, 1.54) is 5.56 Å². The Hall–Kier alpha value is -1.31. The van der Waals surface area contributed by atoms with E-state index in [0.717, 1.165) is 30.5 Å². The minimum absolute atomic E-state index is 0.0264. The third kappa shape index (κ3) is 1.76. The highest BCUT2D eigenvalue weighted by atomic mass is 16.4. The molecule has 2 nitrogen and oxygen atoms in total. The zero-order chi connectivity index (χ0) is 10.9. The third-order valence-electron chi connectivity index (χ3n) is 3.26. The van der Waals surface area contributed by atoms with Crippen LogP contribution in [0.3, 0.4) is 0 Å². The first kappa shape index (κ1) is 10.2. The van der Waals surface area contributed by atoms with Gasteiger partial charge in [-0.1, -0.05) is 43.3 Å². The Morgan fingerprint density at radius 2 is 2.00 bits per heavy atom. The summed E-state index contributed by atoms with van der Waals surface area (Å²) in [5, 5.41) is 12.7. The maximum Gasteiger partial charge on any atom is 0.0926 e. The van der Waals surface area contributed by atoms with Gasteiger partial charge in [0.05, 0.1) is 5.71 Å². The smallest absolute Gasteiger partial charge is 0.0926 e. The number of hydrogen-bond donors (Lipinski definition) is 1. The van der Waals surface area contributed by atoms with Crippen LogP contribution in [-0.4, -0.2) is 10.9 Å². The zero-order valence-corrected chi connectivity index (χ0v) is 9.33. The molecule has 1 aromatic rings. The van der Waals surface area contributed by atoms with E-state index in [2.05, 4.69) is 31.1 Å². The van der Waals surface area contributed by atoms with Gasteiger partial charge in [-0.25, -0.2) is 0 Å². The molecule has 2 rings (SSSR count). The number of rotatable bonds is 0. The van der Waals surface area contributed by atoms with E-state index in [4.69, 9.17) is 0 Å². The Morgan fingerprint density at radius 3 is 2.73 bits per heavy atom. The number of aryl methyl sites for hydroxylation is 1. The third-order valence-corrected chi connectivity index (χ3v) is 3.26. The average molecular weight is 203 g/mol. The molecule has 1 N–H and O–H groups in total. The van der Waals surface area contributed by atoms with Crippen LogP contribution in [0.5, 0.6) is 0 Å². The summed E-state index contributed by atoms with van der Waals surface area (Å²) in [5.41, 5.74) is 3.22. The van der Waals surface area contributed by atoms with Gasteiger partial charge in [0.25, 0.3) is 0 Å². The lowest BCUT2D eigenvalue weighted by Gasteiger charge is -2.23. The Labute approximate surface area is 90.6 Å². The summed E-state index contributed by atoms with van der Waals surface area (Å²) in [4.78, 5) is 0. The van der Waals surface area contributed by atoms with Crippen LogP contribution in [-0.2, 0) is 6.42 Å². The molecule has 0 saturated carbocycles. The molecule has 0 heterocycles. The monoisotopic (exact) mass is 203 g/mol. The van der Waals surface area contributed by atoms with E-state index in [9.17, 15) is 5.21 Å². The van der Waals surface area contributed by atoms with Crippen LogP contribution in [0, 0.1) is 5.41 Å². The molecule has 1 aliphatic rings. The van der Waals surface area contributed by atoms with Crippen LogP contribution < -0.4 is 0 Å². The van der Waals surface area contributed by atoms with E-state index < -0.39 is 0 Å². The van der Waals surface area contributed by atoms with Crippen molar-refractivity contribution < 1.29 is 5.21 Å². The molecular weight excluding hydrogens is 186 g/mol. The van der Waals surface area contributed by atoms with Crippen molar-refractivity contribution in [2.75, 3.05) is 0 Å². The Morgan fingerprint density at radius 1 is 1.27 bits per heavy atom. The largest absolute Gasteiger partial charge is 0.411 e. The van der Waals surface area contributed by atoms with Crippen LogP contribution in [0.15, 0.2) is 29.4 Å². The molecule has 80 valence electrons. The highest BCUT2D eigenvalue weighted by molar-refractivity contribution is 6.05. The molecule has 0 aromatic heterocycles. The van der Waals surface area contributed by atoms with Gasteiger partial charge < -0.3 is 5.21 Å². The predicted octanol–water partition coefficient (Wildman–Crippen LogP) is 3.23. The van der Waals surface area contributed by atoms with Gasteiger partial charge in [-0.15, -0.1) is 0 Å². The van der Waals surface area contributed by atoms with Crippen LogP contribution in [0.2, 0.25) is 0 Å². The van der Waals surface area contributed by atoms with Crippen molar-refractivity contribution in [1.29, 1.82) is 0 Å². The average Bonchev–Trinajstić information content (AvgIpc) is 2.32. The Bertz CT molecular complexity index is 393. The Balaban J connectivity index is 2.57. The molecule has 1 aliphatic carbocycles. The topological polar surface area (TPSA) is 32.6 Å². The van der Waals surface area contributed by atoms with Crippen molar-refractivity contribution in [2.45, 2.75) is 33.1 Å². The normalized spacial score (nSPS) is 22.1. The summed E-state index contributed by atoms with van der Waals surface area (Å²) in [6.07, 6.45) is 3.31. The first-order chi connectivity index (χ1) is 7.15. The number of hydrogen-bond acceptors (Lipinski definition) is 2. The molecule has 0 radical (unpaired) electrons. The van der Waals surface area contributed by atoms with Crippen molar-refractivity contribution >= 4 is 5.71 Å². The minimum Gasteiger partial charge on any atom is -0.411 e. The van der Waals surface area contributed by atoms with Crippen molar-refractivity contribution in [3.63, 3.8) is 0 Å². The SMILES string of the molecule is CC1(C)CCCc2ccccc2C1=NO. The highest BCUT2D eigenvalue weighted by Crippen LogP contribution is 2.33. The molecule has 0 aliphatic heterocycles. The molecule has 0 saturated heterocycles. The van der Waals surface area contributed by atoms with Crippen LogP contribution in [0.1, 0.15) is 37.8 Å². The van der Waals surface area contributed by atoms with E-state index in [1.54, 1.807) is 0 Å². The summed E-state index contributed by atoms with van der Waals surface area (Å²) in [5.74, 6) is 0. The van der Waals surface area contributed by atoms with Crippen LogP contribution >= 0.6 is 0 Å². The number of nitrogens with zero attached hydrogens (tertiary/aromatic N) is 1. The fraction of sp³-hybridized carbons (Fsp3) is 0.462. The summed E-state index contributed by atoms with van der Waals surface area (Å²) in [7, 11) is 0. The predicted molar refractivity (Wildman–Crippen MR) is 61.5 cm³/mol. The van der Waals surface area contributed by atoms with Gasteiger partial charge in [-0.05, 0) is 24.8 Å². The van der Waals surface area contributed by atoms with E-state index in [0.29, 0.717) is 0 Å². The summed E-state index contributed by atoms with van der Waals surface area (Å²) < 4.78 is 0. The second-order valence-electron chi connectivity index (χ2n) is 4.84. The van der Waals surface area contributed by atoms with Gasteiger partial charge in [0, 0.05) is 11.0 Å². The molecule has 2 heteroatoms. The molecule has 0 atom stereocenters. The molecule has 0 bridgehead atoms. The van der Waals surface area contributed by atoms with Crippen molar-refractivity contribution in [2.24, 2.45) is 10.6 Å². The molecular formula is C13H17NO. The number of benzene rings is 1. The fourth-order valence-electron chi connectivity index (χ4n) is 2.36. The lowest BCUT2D eigenvalue weighted by Crippen LogP contribution is -2.24. The van der Waals surface area contributed by atoms with Crippen LogP contribution in [0.4, 0.5) is 0 Å². The van der Waals surface area contributed by atoms with Crippen LogP contribution in [0.25, 0.3) is 0 Å². The van der Waals surface area contributed by atoms with Gasteiger partial charge in [0.2, 0.25) is 0 Å². The molecule has 0 fully saturated rings. The molecule has 15 heavy (non-hydrogen) atoms. The molecule has 0 unspecified atom stereocenters. The van der Waals surface area contributed by atoms with E-state index in [-0.39, 0.29) is 5.41 Å². The maximum atomic E-state index is 9.19. The lowest BCUT2D eigenvalue weighted by molar-refractivity contribution is 0.307. The summed E-state index contributed by atoms with van der Waals surface area (Å²) >= 11 is 0. The first-order valence-electron chi connectivity index (χ1n) is 5.46. The quantitative estimate of drug-likeness (QED) is 0.392. The van der Waals surface area contributed by atoms with E-state index in [1.807, 2.05) is 12.1 Å². The fourth-order valence-corrected chi connectivity index (χ4v) is 2.36. The van der Waals surface area contributed by atoms with Gasteiger partial charge in [0.15, 0.2) is 0 Å². The number of oxime groups is 1. The molecule has 1 aromatic carbocycles. The van der Waals surface area contributed by atoms with Crippen molar-refractivity contribution in [1.82, 2.24) is 0 Å². The van der Waals surface area contributed by atoms with Gasteiger partial charge in [0.1, 0.15) is 0 Å². The van der Waals surface area contributed by atoms with Crippen molar-refractivity contribution in [3.8, 4) is 0 Å². The van der Waals surface area contributed by atoms with Gasteiger partial charge in [-0.2, -0.15) is 0 Å². The second-order valence-corrected chi connectivity index (χ2v) is 4.84. The Kier molecular flexibility index (Phi) is 2.51. The van der Waals surface area contributed by atoms with E-state index >= 15 is 0 Å². The maximum absolute atomic E-state index is 9.19. The summed E-state index contributed by atoms with van der Waals surface area (Å²) in [6.45, 7) is 4.29. The second kappa shape index (κ2) is 3.69.